The fraction of sp³-hybridized carbons (Fsp3) is 0.391. The molecule has 2 unspecified atom stereocenters. The Morgan fingerprint density at radius 2 is 1.48 bits per heavy atom. The molecule has 6 nitrogen and oxygen atoms in total. The Morgan fingerprint density at radius 1 is 0.968 bits per heavy atom. The number of nitrogens with one attached hydrogen (secondary N) is 1. The fourth-order valence-electron chi connectivity index (χ4n) is 3.47. The van der Waals surface area contributed by atoms with Crippen molar-refractivity contribution >= 4 is 12.1 Å². The van der Waals surface area contributed by atoms with Gasteiger partial charge in [-0.15, -0.1) is 0 Å². The molecule has 2 aromatic carbocycles. The van der Waals surface area contributed by atoms with Gasteiger partial charge in [0.15, 0.2) is 6.10 Å². The first-order valence-corrected chi connectivity index (χ1v) is 10.1. The Balaban J connectivity index is 1.56. The third-order valence-electron chi connectivity index (χ3n) is 5.12. The van der Waals surface area contributed by atoms with Crippen molar-refractivity contribution in [1.82, 2.24) is 5.32 Å². The number of halogens is 2. The fourth-order valence-corrected chi connectivity index (χ4v) is 3.47. The first-order valence-electron chi connectivity index (χ1n) is 10.1. The van der Waals surface area contributed by atoms with Crippen LogP contribution in [-0.2, 0) is 27.5 Å². The summed E-state index contributed by atoms with van der Waals surface area (Å²) < 4.78 is 36.7. The number of rotatable bonds is 9. The van der Waals surface area contributed by atoms with Crippen LogP contribution in [0.3, 0.4) is 0 Å². The number of carbonyl (C=O) groups excluding carboxylic acids is 2. The minimum absolute atomic E-state index is 0.00452. The maximum Gasteiger partial charge on any atom is 0.407 e. The van der Waals surface area contributed by atoms with E-state index in [0.717, 1.165) is 11.1 Å². The zero-order valence-electron chi connectivity index (χ0n) is 16.9. The summed E-state index contributed by atoms with van der Waals surface area (Å²) in [6, 6.07) is 16.7. The Bertz CT molecular complexity index is 855. The van der Waals surface area contributed by atoms with Gasteiger partial charge in [0.05, 0.1) is 6.04 Å². The lowest BCUT2D eigenvalue weighted by Crippen LogP contribution is -2.50. The molecule has 8 heteroatoms. The summed E-state index contributed by atoms with van der Waals surface area (Å²) in [4.78, 5) is 24.5. The second-order valence-electron chi connectivity index (χ2n) is 7.72. The number of hydrogen-bond donors (Lipinski definition) is 2. The van der Waals surface area contributed by atoms with E-state index in [1.807, 2.05) is 12.1 Å². The lowest BCUT2D eigenvalue weighted by molar-refractivity contribution is -0.158. The summed E-state index contributed by atoms with van der Waals surface area (Å²) >= 11 is 0. The van der Waals surface area contributed by atoms with Crippen molar-refractivity contribution in [2.75, 3.05) is 0 Å². The molecule has 1 amide bonds. The van der Waals surface area contributed by atoms with Crippen molar-refractivity contribution in [3.8, 4) is 0 Å². The van der Waals surface area contributed by atoms with Gasteiger partial charge in [-0.25, -0.2) is 18.4 Å². The second kappa shape index (κ2) is 10.3. The van der Waals surface area contributed by atoms with Crippen LogP contribution in [0.2, 0.25) is 0 Å². The number of ether oxygens (including phenoxy) is 2. The number of alkyl halides is 2. The zero-order valence-corrected chi connectivity index (χ0v) is 16.9. The SMILES string of the molecule is O=C(NC(CC1CC(F)(F)C1)C(O)C(=O)OCc1ccccc1)OCc1ccccc1. The van der Waals surface area contributed by atoms with Crippen LogP contribution in [0.4, 0.5) is 13.6 Å². The third kappa shape index (κ3) is 7.03. The van der Waals surface area contributed by atoms with Gasteiger partial charge in [-0.2, -0.15) is 0 Å². The minimum Gasteiger partial charge on any atom is -0.459 e. The number of amides is 1. The van der Waals surface area contributed by atoms with Crippen molar-refractivity contribution in [3.63, 3.8) is 0 Å². The lowest BCUT2D eigenvalue weighted by atomic mass is 9.76. The van der Waals surface area contributed by atoms with E-state index < -0.39 is 36.0 Å². The lowest BCUT2D eigenvalue weighted by Gasteiger charge is -2.37. The molecule has 0 saturated heterocycles. The number of carbonyl (C=O) groups is 2. The topological polar surface area (TPSA) is 84.9 Å². The van der Waals surface area contributed by atoms with Crippen molar-refractivity contribution in [3.05, 3.63) is 71.8 Å². The van der Waals surface area contributed by atoms with E-state index in [1.54, 1.807) is 48.5 Å². The van der Waals surface area contributed by atoms with Gasteiger partial charge in [-0.1, -0.05) is 60.7 Å². The molecule has 1 aliphatic carbocycles. The molecule has 1 aliphatic rings. The van der Waals surface area contributed by atoms with Gasteiger partial charge in [0.25, 0.3) is 0 Å². The Hall–Kier alpha value is -3.00. The molecule has 0 heterocycles. The van der Waals surface area contributed by atoms with Crippen molar-refractivity contribution < 1.29 is 33.0 Å². The number of aliphatic hydroxyl groups excluding tert-OH is 1. The zero-order chi connectivity index (χ0) is 22.3. The summed E-state index contributed by atoms with van der Waals surface area (Å²) in [5.41, 5.74) is 1.49. The van der Waals surface area contributed by atoms with Gasteiger partial charge in [-0.05, 0) is 23.5 Å². The highest BCUT2D eigenvalue weighted by molar-refractivity contribution is 5.77. The van der Waals surface area contributed by atoms with Gasteiger partial charge in [0, 0.05) is 12.8 Å². The van der Waals surface area contributed by atoms with Gasteiger partial charge in [-0.3, -0.25) is 0 Å². The summed E-state index contributed by atoms with van der Waals surface area (Å²) in [7, 11) is 0. The van der Waals surface area contributed by atoms with Crippen LogP contribution in [0, 0.1) is 5.92 Å². The van der Waals surface area contributed by atoms with Crippen LogP contribution in [0.5, 0.6) is 0 Å². The molecule has 0 bridgehead atoms. The van der Waals surface area contributed by atoms with Crippen LogP contribution < -0.4 is 5.32 Å². The molecule has 2 atom stereocenters. The first-order chi connectivity index (χ1) is 14.8. The molecule has 2 aromatic rings. The van der Waals surface area contributed by atoms with E-state index >= 15 is 0 Å². The van der Waals surface area contributed by atoms with Crippen LogP contribution in [0.1, 0.15) is 30.4 Å². The van der Waals surface area contributed by atoms with E-state index in [0.29, 0.717) is 0 Å². The smallest absolute Gasteiger partial charge is 0.407 e. The average Bonchev–Trinajstić information content (AvgIpc) is 2.75. The molecule has 0 radical (unpaired) electrons. The molecule has 166 valence electrons. The van der Waals surface area contributed by atoms with E-state index in [4.69, 9.17) is 9.47 Å². The number of esters is 1. The molecule has 1 fully saturated rings. The van der Waals surface area contributed by atoms with Gasteiger partial charge < -0.3 is 19.9 Å². The monoisotopic (exact) mass is 433 g/mol. The normalized spacial score (nSPS) is 17.1. The Kier molecular flexibility index (Phi) is 7.57. The summed E-state index contributed by atoms with van der Waals surface area (Å²) in [6.45, 7) is -0.0567. The molecule has 2 N–H and O–H groups in total. The van der Waals surface area contributed by atoms with E-state index in [-0.39, 0.29) is 32.5 Å². The quantitative estimate of drug-likeness (QED) is 0.588. The van der Waals surface area contributed by atoms with Crippen LogP contribution in [0.25, 0.3) is 0 Å². The predicted octanol–water partition coefficient (Wildman–Crippen LogP) is 3.82. The van der Waals surface area contributed by atoms with E-state index in [1.165, 1.54) is 0 Å². The molecule has 0 aromatic heterocycles. The predicted molar refractivity (Wildman–Crippen MR) is 108 cm³/mol. The maximum absolute atomic E-state index is 13.2. The Labute approximate surface area is 179 Å². The largest absolute Gasteiger partial charge is 0.459 e. The molecule has 31 heavy (non-hydrogen) atoms. The molecular weight excluding hydrogens is 408 g/mol. The highest BCUT2D eigenvalue weighted by atomic mass is 19.3. The maximum atomic E-state index is 13.2. The highest BCUT2D eigenvalue weighted by Crippen LogP contribution is 2.44. The van der Waals surface area contributed by atoms with E-state index in [2.05, 4.69) is 5.32 Å². The number of hydrogen-bond acceptors (Lipinski definition) is 5. The molecule has 0 spiro atoms. The van der Waals surface area contributed by atoms with Crippen molar-refractivity contribution in [1.29, 1.82) is 0 Å². The Morgan fingerprint density at radius 3 is 2.00 bits per heavy atom. The van der Waals surface area contributed by atoms with Crippen LogP contribution in [0.15, 0.2) is 60.7 Å². The standard InChI is InChI=1S/C23H25F2NO5/c24-23(25)12-18(13-23)11-19(26-22(29)31-15-17-9-5-2-6-10-17)20(27)21(28)30-14-16-7-3-1-4-8-16/h1-10,18-20,27H,11-15H2,(H,26,29). The van der Waals surface area contributed by atoms with Gasteiger partial charge >= 0.3 is 12.1 Å². The molecule has 0 aliphatic heterocycles. The summed E-state index contributed by atoms with van der Waals surface area (Å²) in [6.07, 6.45) is -3.25. The van der Waals surface area contributed by atoms with Crippen molar-refractivity contribution in [2.24, 2.45) is 5.92 Å². The number of benzene rings is 2. The van der Waals surface area contributed by atoms with Crippen LogP contribution in [-0.4, -0.2) is 35.2 Å². The summed E-state index contributed by atoms with van der Waals surface area (Å²) in [5, 5.41) is 12.9. The molecule has 1 saturated carbocycles. The van der Waals surface area contributed by atoms with Crippen LogP contribution >= 0.6 is 0 Å². The number of alkyl carbamates (subject to hydrolysis) is 1. The molecular formula is C23H25F2NO5. The second-order valence-corrected chi connectivity index (χ2v) is 7.72. The third-order valence-corrected chi connectivity index (χ3v) is 5.12. The first kappa shape index (κ1) is 22.7. The highest BCUT2D eigenvalue weighted by Gasteiger charge is 2.47. The minimum atomic E-state index is -2.75. The van der Waals surface area contributed by atoms with Crippen molar-refractivity contribution in [2.45, 2.75) is 50.5 Å². The average molecular weight is 433 g/mol. The van der Waals surface area contributed by atoms with Gasteiger partial charge in [0.2, 0.25) is 5.92 Å². The van der Waals surface area contributed by atoms with E-state index in [9.17, 15) is 23.5 Å². The molecule has 3 rings (SSSR count). The van der Waals surface area contributed by atoms with Gasteiger partial charge in [0.1, 0.15) is 13.2 Å². The number of aliphatic hydroxyl groups is 1. The summed E-state index contributed by atoms with van der Waals surface area (Å²) in [5.74, 6) is -4.11.